The van der Waals surface area contributed by atoms with Crippen molar-refractivity contribution in [3.05, 3.63) is 77.6 Å². The van der Waals surface area contributed by atoms with Gasteiger partial charge in [-0.1, -0.05) is 12.1 Å². The Morgan fingerprint density at radius 3 is 2.77 bits per heavy atom. The molecule has 1 aliphatic rings. The van der Waals surface area contributed by atoms with Crippen LogP contribution < -0.4 is 10.5 Å². The first-order valence-electron chi connectivity index (χ1n) is 10.2. The van der Waals surface area contributed by atoms with Gasteiger partial charge in [0.05, 0.1) is 5.56 Å². The minimum atomic E-state index is -0.550. The van der Waals surface area contributed by atoms with E-state index in [4.69, 9.17) is 10.5 Å². The van der Waals surface area contributed by atoms with E-state index in [2.05, 4.69) is 9.97 Å². The number of hydrogen-bond acceptors (Lipinski definition) is 4. The normalized spacial score (nSPS) is 16.5. The van der Waals surface area contributed by atoms with E-state index >= 15 is 0 Å². The highest BCUT2D eigenvalue weighted by Crippen LogP contribution is 2.28. The van der Waals surface area contributed by atoms with E-state index in [1.54, 1.807) is 17.3 Å². The zero-order chi connectivity index (χ0) is 20.9. The molecule has 0 spiro atoms. The number of benzene rings is 2. The van der Waals surface area contributed by atoms with Crippen LogP contribution in [0.4, 0.5) is 4.39 Å². The number of nitrogens with zero attached hydrogens (tertiary/aromatic N) is 2. The lowest BCUT2D eigenvalue weighted by Crippen LogP contribution is -2.39. The van der Waals surface area contributed by atoms with E-state index in [1.165, 1.54) is 18.2 Å². The number of carbonyl (C=O) groups is 1. The van der Waals surface area contributed by atoms with Crippen LogP contribution in [0.25, 0.3) is 0 Å². The van der Waals surface area contributed by atoms with Crippen LogP contribution in [0.15, 0.2) is 54.9 Å². The minimum Gasteiger partial charge on any atom is -0.457 e. The first kappa shape index (κ1) is 20.1. The van der Waals surface area contributed by atoms with Crippen LogP contribution in [0.1, 0.15) is 40.5 Å². The summed E-state index contributed by atoms with van der Waals surface area (Å²) >= 11 is 0. The zero-order valence-electron chi connectivity index (χ0n) is 16.7. The average Bonchev–Trinajstić information content (AvgIpc) is 3.31. The van der Waals surface area contributed by atoms with Gasteiger partial charge < -0.3 is 20.4 Å². The average molecular weight is 408 g/mol. The smallest absolute Gasteiger partial charge is 0.256 e. The van der Waals surface area contributed by atoms with Crippen LogP contribution in [0.2, 0.25) is 0 Å². The Morgan fingerprint density at radius 2 is 2.03 bits per heavy atom. The van der Waals surface area contributed by atoms with Crippen molar-refractivity contribution in [2.75, 3.05) is 19.6 Å². The molecular weight excluding hydrogens is 383 g/mol. The fourth-order valence-electron chi connectivity index (χ4n) is 3.81. The quantitative estimate of drug-likeness (QED) is 0.649. The lowest BCUT2D eigenvalue weighted by molar-refractivity contribution is 0.0699. The summed E-state index contributed by atoms with van der Waals surface area (Å²) in [6.07, 6.45) is 6.08. The van der Waals surface area contributed by atoms with Gasteiger partial charge in [-0.15, -0.1) is 0 Å². The van der Waals surface area contributed by atoms with E-state index in [1.807, 2.05) is 24.3 Å². The van der Waals surface area contributed by atoms with Crippen molar-refractivity contribution in [2.24, 2.45) is 5.73 Å². The third-order valence-electron chi connectivity index (χ3n) is 5.37. The number of nitrogens with one attached hydrogen (secondary N) is 1. The number of carbonyl (C=O) groups excluding carboxylic acids is 1. The molecule has 2 heterocycles. The minimum absolute atomic E-state index is 0.0207. The summed E-state index contributed by atoms with van der Waals surface area (Å²) in [5.74, 6) is 1.16. The number of piperidine rings is 1. The summed E-state index contributed by atoms with van der Waals surface area (Å²) in [5, 5.41) is 0. The van der Waals surface area contributed by atoms with Gasteiger partial charge in [-0.25, -0.2) is 9.37 Å². The molecule has 1 fully saturated rings. The molecule has 0 radical (unpaired) electrons. The number of halogens is 1. The number of amides is 1. The zero-order valence-corrected chi connectivity index (χ0v) is 16.7. The van der Waals surface area contributed by atoms with Crippen molar-refractivity contribution in [3.8, 4) is 11.5 Å². The van der Waals surface area contributed by atoms with Crippen LogP contribution in [0.5, 0.6) is 11.5 Å². The molecule has 3 aromatic rings. The molecule has 4 rings (SSSR count). The number of nitrogens with two attached hydrogens (primary N) is 1. The van der Waals surface area contributed by atoms with Crippen molar-refractivity contribution in [1.29, 1.82) is 0 Å². The molecule has 0 aliphatic carbocycles. The lowest BCUT2D eigenvalue weighted by atomic mass is 9.96. The third-order valence-corrected chi connectivity index (χ3v) is 5.37. The van der Waals surface area contributed by atoms with Gasteiger partial charge >= 0.3 is 0 Å². The number of rotatable bonds is 6. The Balaban J connectivity index is 1.49. The number of aromatic nitrogens is 2. The van der Waals surface area contributed by atoms with Crippen molar-refractivity contribution < 1.29 is 13.9 Å². The van der Waals surface area contributed by atoms with Gasteiger partial charge in [-0.05, 0) is 61.7 Å². The second-order valence-electron chi connectivity index (χ2n) is 7.49. The molecule has 0 saturated carbocycles. The standard InChI is InChI=1S/C23H25FN4O2/c24-21-8-7-19(30-18-5-3-16(4-6-18)9-10-25)14-20(21)23(29)28-13-1-2-17(15-28)22-26-11-12-27-22/h3-8,11-12,14,17H,1-2,9-10,13,15,25H2,(H,26,27). The molecule has 1 aromatic heterocycles. The molecular formula is C23H25FN4O2. The molecule has 0 bridgehead atoms. The van der Waals surface area contributed by atoms with E-state index in [0.29, 0.717) is 31.1 Å². The summed E-state index contributed by atoms with van der Waals surface area (Å²) in [4.78, 5) is 22.2. The molecule has 1 atom stereocenters. The maximum atomic E-state index is 14.5. The second kappa shape index (κ2) is 9.09. The fourth-order valence-corrected chi connectivity index (χ4v) is 3.81. The molecule has 30 heavy (non-hydrogen) atoms. The topological polar surface area (TPSA) is 84.2 Å². The van der Waals surface area contributed by atoms with Crippen molar-refractivity contribution in [2.45, 2.75) is 25.2 Å². The number of imidazole rings is 1. The molecule has 1 saturated heterocycles. The Kier molecular flexibility index (Phi) is 6.09. The van der Waals surface area contributed by atoms with Crippen molar-refractivity contribution in [1.82, 2.24) is 14.9 Å². The number of hydrogen-bond donors (Lipinski definition) is 2. The summed E-state index contributed by atoms with van der Waals surface area (Å²) in [6.45, 7) is 1.70. The summed E-state index contributed by atoms with van der Waals surface area (Å²) in [7, 11) is 0. The molecule has 6 nitrogen and oxygen atoms in total. The van der Waals surface area contributed by atoms with E-state index in [9.17, 15) is 9.18 Å². The Labute approximate surface area is 174 Å². The van der Waals surface area contributed by atoms with Crippen molar-refractivity contribution >= 4 is 5.91 Å². The highest BCUT2D eigenvalue weighted by molar-refractivity contribution is 5.95. The Hall–Kier alpha value is -3.19. The highest BCUT2D eigenvalue weighted by atomic mass is 19.1. The molecule has 2 aromatic carbocycles. The molecule has 3 N–H and O–H groups in total. The lowest BCUT2D eigenvalue weighted by Gasteiger charge is -2.32. The maximum Gasteiger partial charge on any atom is 0.256 e. The van der Waals surface area contributed by atoms with Gasteiger partial charge in [-0.3, -0.25) is 4.79 Å². The predicted octanol–water partition coefficient (Wildman–Crippen LogP) is 3.86. The van der Waals surface area contributed by atoms with Crippen molar-refractivity contribution in [3.63, 3.8) is 0 Å². The number of ether oxygens (including phenoxy) is 1. The molecule has 1 amide bonds. The van der Waals surface area contributed by atoms with E-state index in [0.717, 1.165) is 30.7 Å². The number of aromatic amines is 1. The van der Waals surface area contributed by atoms with Gasteiger partial charge in [0.25, 0.3) is 5.91 Å². The SMILES string of the molecule is NCCc1ccc(Oc2ccc(F)c(C(=O)N3CCCC(c4ncc[nH]4)C3)c2)cc1. The van der Waals surface area contributed by atoms with E-state index in [-0.39, 0.29) is 17.4 Å². The van der Waals surface area contributed by atoms with Crippen LogP contribution in [-0.2, 0) is 6.42 Å². The predicted molar refractivity (Wildman–Crippen MR) is 112 cm³/mol. The van der Waals surface area contributed by atoms with Gasteiger partial charge in [0.1, 0.15) is 23.1 Å². The van der Waals surface area contributed by atoms with Crippen LogP contribution in [0, 0.1) is 5.82 Å². The van der Waals surface area contributed by atoms with Crippen LogP contribution >= 0.6 is 0 Å². The molecule has 7 heteroatoms. The summed E-state index contributed by atoms with van der Waals surface area (Å²) < 4.78 is 20.3. The summed E-state index contributed by atoms with van der Waals surface area (Å²) in [5.41, 5.74) is 6.71. The Bertz CT molecular complexity index is 989. The molecule has 156 valence electrons. The monoisotopic (exact) mass is 408 g/mol. The highest BCUT2D eigenvalue weighted by Gasteiger charge is 2.28. The maximum absolute atomic E-state index is 14.5. The van der Waals surface area contributed by atoms with Gasteiger partial charge in [0.15, 0.2) is 0 Å². The number of H-pyrrole nitrogens is 1. The van der Waals surface area contributed by atoms with Crippen LogP contribution in [0.3, 0.4) is 0 Å². The van der Waals surface area contributed by atoms with Crippen LogP contribution in [-0.4, -0.2) is 40.4 Å². The van der Waals surface area contributed by atoms with E-state index < -0.39 is 5.82 Å². The Morgan fingerprint density at radius 1 is 1.23 bits per heavy atom. The number of likely N-dealkylation sites (tertiary alicyclic amines) is 1. The van der Waals surface area contributed by atoms with Gasteiger partial charge in [-0.2, -0.15) is 0 Å². The fraction of sp³-hybridized carbons (Fsp3) is 0.304. The first-order chi connectivity index (χ1) is 14.6. The molecule has 1 unspecified atom stereocenters. The first-order valence-corrected chi connectivity index (χ1v) is 10.2. The molecule has 1 aliphatic heterocycles. The largest absolute Gasteiger partial charge is 0.457 e. The van der Waals surface area contributed by atoms with Gasteiger partial charge in [0, 0.05) is 31.4 Å². The summed E-state index contributed by atoms with van der Waals surface area (Å²) in [6, 6.07) is 11.9. The van der Waals surface area contributed by atoms with Gasteiger partial charge in [0.2, 0.25) is 0 Å². The third kappa shape index (κ3) is 4.52. The second-order valence-corrected chi connectivity index (χ2v) is 7.49.